The zero-order chi connectivity index (χ0) is 29.4. The van der Waals surface area contributed by atoms with Gasteiger partial charge in [0, 0.05) is 52.6 Å². The van der Waals surface area contributed by atoms with E-state index in [1.807, 2.05) is 13.8 Å². The van der Waals surface area contributed by atoms with E-state index in [1.54, 1.807) is 0 Å². The zero-order valence-electron chi connectivity index (χ0n) is 23.6. The molecule has 4 aromatic heterocycles. The molecule has 42 heavy (non-hydrogen) atoms. The molecule has 0 bridgehead atoms. The van der Waals surface area contributed by atoms with Crippen molar-refractivity contribution in [3.63, 3.8) is 0 Å². The van der Waals surface area contributed by atoms with E-state index in [0.717, 1.165) is 25.7 Å². The minimum Gasteiger partial charge on any atom is -0.381 e. The Morgan fingerprint density at radius 3 is 1.40 bits per heavy atom. The molecule has 0 spiro atoms. The summed E-state index contributed by atoms with van der Waals surface area (Å²) in [5.41, 5.74) is -0.377. The predicted octanol–water partition coefficient (Wildman–Crippen LogP) is 1.78. The van der Waals surface area contributed by atoms with Crippen LogP contribution in [-0.2, 0) is 35.7 Å². The first-order valence-electron chi connectivity index (χ1n) is 14.4. The normalized spacial score (nSPS) is 17.1. The van der Waals surface area contributed by atoms with E-state index in [4.69, 9.17) is 9.47 Å². The Balaban J connectivity index is 1.29. The van der Waals surface area contributed by atoms with E-state index < -0.39 is 11.1 Å². The van der Waals surface area contributed by atoms with Gasteiger partial charge in [0.25, 0.3) is 11.1 Å². The number of imidazole rings is 2. The molecule has 2 aliphatic rings. The molecule has 0 unspecified atom stereocenters. The molecular formula is C26H34N8O6S2. The molecule has 0 aromatic carbocycles. The minimum absolute atomic E-state index is 0.203. The molecule has 6 heterocycles. The zero-order valence-corrected chi connectivity index (χ0v) is 25.2. The van der Waals surface area contributed by atoms with Gasteiger partial charge in [-0.3, -0.25) is 27.9 Å². The van der Waals surface area contributed by atoms with E-state index in [-0.39, 0.29) is 34.2 Å². The molecule has 4 aromatic rings. The quantitative estimate of drug-likeness (QED) is 0.264. The van der Waals surface area contributed by atoms with Crippen LogP contribution >= 0.6 is 21.6 Å². The average molecular weight is 619 g/mol. The first-order valence-corrected chi connectivity index (χ1v) is 16.5. The molecule has 2 fully saturated rings. The molecule has 0 atom stereocenters. The molecule has 2 N–H and O–H groups in total. The second kappa shape index (κ2) is 12.3. The highest BCUT2D eigenvalue weighted by atomic mass is 33.1. The lowest BCUT2D eigenvalue weighted by molar-refractivity contribution is 0.0603. The van der Waals surface area contributed by atoms with Crippen molar-refractivity contribution in [1.29, 1.82) is 0 Å². The fourth-order valence-electron chi connectivity index (χ4n) is 5.72. The Morgan fingerprint density at radius 2 is 1.05 bits per heavy atom. The summed E-state index contributed by atoms with van der Waals surface area (Å²) in [7, 11) is 2.42. The van der Waals surface area contributed by atoms with Crippen molar-refractivity contribution in [2.75, 3.05) is 26.4 Å². The number of nitrogens with one attached hydrogen (secondary N) is 2. The number of hydrogen-bond acceptors (Lipinski definition) is 10. The van der Waals surface area contributed by atoms with Gasteiger partial charge in [0.05, 0.1) is 0 Å². The summed E-state index contributed by atoms with van der Waals surface area (Å²) in [4.78, 5) is 68.4. The fraction of sp³-hybridized carbons (Fsp3) is 0.615. The molecular weight excluding hydrogens is 584 g/mol. The summed E-state index contributed by atoms with van der Waals surface area (Å²) in [6.45, 7) is 7.63. The maximum atomic E-state index is 13.3. The third-order valence-corrected chi connectivity index (χ3v) is 10.1. The standard InChI is InChI=1S/C26H34N8O6S2/c1-3-31-19-17(21(35)33(25(31)37)13-15-5-9-39-10-6-15)27-23(29-19)41-42-24-28-18-20(30-24)32(4-2)26(38)34(22(18)36)14-16-7-11-40-12-8-16/h15-16H,3-14H2,1-2H3,(H,27,29)(H,28,30). The number of fused-ring (bicyclic) bond motifs is 2. The number of aryl methyl sites for hydroxylation is 2. The summed E-state index contributed by atoms with van der Waals surface area (Å²) in [6, 6.07) is 0. The first-order chi connectivity index (χ1) is 20.4. The van der Waals surface area contributed by atoms with Crippen LogP contribution in [-0.4, -0.2) is 64.6 Å². The van der Waals surface area contributed by atoms with Gasteiger partial charge in [0.2, 0.25) is 0 Å². The van der Waals surface area contributed by atoms with Crippen LogP contribution in [0, 0.1) is 11.8 Å². The van der Waals surface area contributed by atoms with Crippen molar-refractivity contribution in [3.8, 4) is 0 Å². The highest BCUT2D eigenvalue weighted by molar-refractivity contribution is 8.76. The van der Waals surface area contributed by atoms with Crippen molar-refractivity contribution < 1.29 is 9.47 Å². The minimum atomic E-state index is -0.392. The second-order valence-electron chi connectivity index (χ2n) is 10.6. The van der Waals surface area contributed by atoms with Gasteiger partial charge < -0.3 is 19.4 Å². The maximum Gasteiger partial charge on any atom is 0.332 e. The lowest BCUT2D eigenvalue weighted by atomic mass is 10.0. The Hall–Kier alpha value is -3.08. The summed E-state index contributed by atoms with van der Waals surface area (Å²) in [5.74, 6) is 0.406. The van der Waals surface area contributed by atoms with Crippen LogP contribution in [0.15, 0.2) is 29.5 Å². The highest BCUT2D eigenvalue weighted by Gasteiger charge is 2.23. The fourth-order valence-corrected chi connectivity index (χ4v) is 7.36. The van der Waals surface area contributed by atoms with Crippen molar-refractivity contribution >= 4 is 43.9 Å². The summed E-state index contributed by atoms with van der Waals surface area (Å²) < 4.78 is 16.5. The average Bonchev–Trinajstić information content (AvgIpc) is 3.63. The van der Waals surface area contributed by atoms with E-state index in [9.17, 15) is 19.2 Å². The number of aromatic amines is 2. The molecule has 2 saturated heterocycles. The van der Waals surface area contributed by atoms with Crippen molar-refractivity contribution in [1.82, 2.24) is 38.2 Å². The monoisotopic (exact) mass is 618 g/mol. The molecule has 0 saturated carbocycles. The topological polar surface area (TPSA) is 164 Å². The maximum absolute atomic E-state index is 13.3. The van der Waals surface area contributed by atoms with Gasteiger partial charge in [-0.2, -0.15) is 0 Å². The smallest absolute Gasteiger partial charge is 0.332 e. The summed E-state index contributed by atoms with van der Waals surface area (Å²) >= 11 is 0. The van der Waals surface area contributed by atoms with Crippen LogP contribution in [0.5, 0.6) is 0 Å². The van der Waals surface area contributed by atoms with Gasteiger partial charge in [-0.1, -0.05) is 0 Å². The van der Waals surface area contributed by atoms with E-state index in [0.29, 0.717) is 74.2 Å². The van der Waals surface area contributed by atoms with E-state index in [1.165, 1.54) is 39.9 Å². The molecule has 0 amide bonds. The largest absolute Gasteiger partial charge is 0.381 e. The molecule has 0 radical (unpaired) electrons. The Labute approximate surface area is 247 Å². The van der Waals surface area contributed by atoms with Gasteiger partial charge in [-0.15, -0.1) is 0 Å². The summed E-state index contributed by atoms with van der Waals surface area (Å²) in [6.07, 6.45) is 3.23. The van der Waals surface area contributed by atoms with Gasteiger partial charge in [-0.25, -0.2) is 19.6 Å². The third kappa shape index (κ3) is 5.40. The molecule has 6 rings (SSSR count). The number of ether oxygens (including phenoxy) is 2. The van der Waals surface area contributed by atoms with Gasteiger partial charge >= 0.3 is 11.4 Å². The van der Waals surface area contributed by atoms with E-state index in [2.05, 4.69) is 19.9 Å². The number of rotatable bonds is 9. The van der Waals surface area contributed by atoms with Crippen LogP contribution in [0.25, 0.3) is 22.3 Å². The Kier molecular flexibility index (Phi) is 8.47. The summed E-state index contributed by atoms with van der Waals surface area (Å²) in [5, 5.41) is 0.838. The van der Waals surface area contributed by atoms with Crippen molar-refractivity contribution in [2.45, 2.75) is 76.0 Å². The first kappa shape index (κ1) is 29.0. The van der Waals surface area contributed by atoms with Crippen LogP contribution in [0.1, 0.15) is 39.5 Å². The van der Waals surface area contributed by atoms with Crippen LogP contribution < -0.4 is 22.5 Å². The van der Waals surface area contributed by atoms with Gasteiger partial charge in [0.1, 0.15) is 0 Å². The lowest BCUT2D eigenvalue weighted by Crippen LogP contribution is -2.42. The number of nitrogens with zero attached hydrogens (tertiary/aromatic N) is 6. The number of hydrogen-bond donors (Lipinski definition) is 2. The highest BCUT2D eigenvalue weighted by Crippen LogP contribution is 2.35. The number of aromatic nitrogens is 8. The SMILES string of the molecule is CCn1c(=O)n(CC2CCOCC2)c(=O)c2[nH]c(SSc3nc4c([nH]3)c(=O)n(CC3CCOCC3)c(=O)n4CC)nc21. The van der Waals surface area contributed by atoms with Gasteiger partial charge in [-0.05, 0) is 73.0 Å². The molecule has 14 nitrogen and oxygen atoms in total. The molecule has 0 aliphatic carbocycles. The lowest BCUT2D eigenvalue weighted by Gasteiger charge is -2.22. The Morgan fingerprint density at radius 1 is 0.667 bits per heavy atom. The van der Waals surface area contributed by atoms with Crippen LogP contribution in [0.3, 0.4) is 0 Å². The van der Waals surface area contributed by atoms with Gasteiger partial charge in [0.15, 0.2) is 32.6 Å². The molecule has 226 valence electrons. The Bertz CT molecular complexity index is 1700. The van der Waals surface area contributed by atoms with Crippen LogP contribution in [0.4, 0.5) is 0 Å². The third-order valence-electron chi connectivity index (χ3n) is 8.07. The molecule has 16 heteroatoms. The van der Waals surface area contributed by atoms with Crippen LogP contribution in [0.2, 0.25) is 0 Å². The van der Waals surface area contributed by atoms with Crippen molar-refractivity contribution in [2.24, 2.45) is 11.8 Å². The molecule has 2 aliphatic heterocycles. The predicted molar refractivity (Wildman–Crippen MR) is 159 cm³/mol. The van der Waals surface area contributed by atoms with E-state index >= 15 is 0 Å². The van der Waals surface area contributed by atoms with Crippen molar-refractivity contribution in [3.05, 3.63) is 41.7 Å². The number of H-pyrrole nitrogens is 2. The second-order valence-corrected chi connectivity index (χ2v) is 12.8.